The molecule has 6 rings (SSSR count). The Kier molecular flexibility index (Phi) is 7.55. The molecule has 0 radical (unpaired) electrons. The van der Waals surface area contributed by atoms with Gasteiger partial charge < -0.3 is 19.9 Å². The second kappa shape index (κ2) is 11.0. The molecule has 2 heterocycles. The van der Waals surface area contributed by atoms with Crippen LogP contribution in [-0.2, 0) is 9.53 Å². The van der Waals surface area contributed by atoms with Gasteiger partial charge in [-0.25, -0.2) is 4.79 Å². The normalized spacial score (nSPS) is 32.0. The monoisotopic (exact) mass is 548 g/mol. The minimum absolute atomic E-state index is 0.0161. The van der Waals surface area contributed by atoms with E-state index in [9.17, 15) is 14.7 Å². The molecule has 7 heteroatoms. The fraction of sp³-hybridized carbons (Fsp3) is 0.636. The molecule has 1 amide bonds. The summed E-state index contributed by atoms with van der Waals surface area (Å²) in [6.07, 6.45) is 16.6. The van der Waals surface area contributed by atoms with Gasteiger partial charge in [-0.05, 0) is 98.9 Å². The highest BCUT2D eigenvalue weighted by Crippen LogP contribution is 2.55. The summed E-state index contributed by atoms with van der Waals surface area (Å²) in [7, 11) is 2.07. The van der Waals surface area contributed by atoms with Crippen molar-refractivity contribution in [2.75, 3.05) is 26.8 Å². The molecular weight excluding hydrogens is 504 g/mol. The number of likely N-dealkylation sites (tertiary alicyclic amines) is 1. The number of allylic oxidation sites excluding steroid dienone is 4. The van der Waals surface area contributed by atoms with E-state index in [1.807, 2.05) is 6.07 Å². The summed E-state index contributed by atoms with van der Waals surface area (Å²) < 4.78 is 12.2. The van der Waals surface area contributed by atoms with E-state index in [0.717, 1.165) is 76.0 Å². The molecule has 2 saturated heterocycles. The van der Waals surface area contributed by atoms with Crippen LogP contribution in [0.4, 0.5) is 0 Å². The summed E-state index contributed by atoms with van der Waals surface area (Å²) in [4.78, 5) is 27.5. The zero-order valence-electron chi connectivity index (χ0n) is 24.0. The molecule has 1 spiro atoms. The first-order chi connectivity index (χ1) is 19.3. The van der Waals surface area contributed by atoms with Crippen LogP contribution < -0.4 is 10.1 Å². The van der Waals surface area contributed by atoms with Gasteiger partial charge in [-0.15, -0.1) is 0 Å². The number of nitrogens with zero attached hydrogens (tertiary/aromatic N) is 1. The highest BCUT2D eigenvalue weighted by Gasteiger charge is 2.46. The number of nitrogens with one attached hydrogen (secondary N) is 1. The lowest BCUT2D eigenvalue weighted by atomic mass is 9.59. The van der Waals surface area contributed by atoms with Gasteiger partial charge in [0.15, 0.2) is 0 Å². The number of carboxylic acids is 1. The van der Waals surface area contributed by atoms with Crippen LogP contribution in [0.5, 0.6) is 5.75 Å². The van der Waals surface area contributed by atoms with E-state index in [4.69, 9.17) is 9.47 Å². The zero-order chi connectivity index (χ0) is 27.9. The molecule has 4 fully saturated rings. The Bertz CT molecular complexity index is 1200. The van der Waals surface area contributed by atoms with E-state index >= 15 is 0 Å². The van der Waals surface area contributed by atoms with Crippen molar-refractivity contribution in [2.24, 2.45) is 16.7 Å². The molecule has 3 aliphatic carbocycles. The van der Waals surface area contributed by atoms with E-state index in [0.29, 0.717) is 5.92 Å². The van der Waals surface area contributed by atoms with Gasteiger partial charge >= 0.3 is 5.97 Å². The lowest BCUT2D eigenvalue weighted by Gasteiger charge is -2.46. The zero-order valence-corrected chi connectivity index (χ0v) is 24.0. The molecule has 0 bridgehead atoms. The van der Waals surface area contributed by atoms with Gasteiger partial charge in [0.05, 0.1) is 11.6 Å². The van der Waals surface area contributed by atoms with Gasteiger partial charge in [-0.1, -0.05) is 31.6 Å². The molecule has 1 aromatic carbocycles. The predicted octanol–water partition coefficient (Wildman–Crippen LogP) is 5.45. The summed E-state index contributed by atoms with van der Waals surface area (Å²) in [6.45, 7) is 4.89. The number of carbonyl (C=O) groups is 2. The first-order valence-electron chi connectivity index (χ1n) is 15.3. The molecular formula is C33H44N2O5. The van der Waals surface area contributed by atoms with Crippen molar-refractivity contribution in [3.05, 3.63) is 47.6 Å². The van der Waals surface area contributed by atoms with Gasteiger partial charge in [0.25, 0.3) is 0 Å². The predicted molar refractivity (Wildman–Crippen MR) is 154 cm³/mol. The molecule has 7 nitrogen and oxygen atoms in total. The molecule has 0 aromatic heterocycles. The van der Waals surface area contributed by atoms with Crippen LogP contribution in [0.2, 0.25) is 0 Å². The van der Waals surface area contributed by atoms with Gasteiger partial charge in [0.1, 0.15) is 11.9 Å². The van der Waals surface area contributed by atoms with Crippen molar-refractivity contribution < 1.29 is 24.2 Å². The second-order valence-corrected chi connectivity index (χ2v) is 13.3. The topological polar surface area (TPSA) is 88.1 Å². The SMILES string of the molecule is CN1CC2(CCOCC2)C[C@H]1C(=O)NC1CC[C@@H](Oc2ccc(C(=O)O)cc2C2=CC=CCC2(C)C2CCC2)C1. The van der Waals surface area contributed by atoms with Crippen molar-refractivity contribution >= 4 is 17.4 Å². The van der Waals surface area contributed by atoms with Gasteiger partial charge in [0, 0.05) is 37.8 Å². The van der Waals surface area contributed by atoms with E-state index in [-0.39, 0.29) is 40.5 Å². The van der Waals surface area contributed by atoms with Crippen molar-refractivity contribution in [1.29, 1.82) is 0 Å². The second-order valence-electron chi connectivity index (χ2n) is 13.3. The van der Waals surface area contributed by atoms with Crippen LogP contribution in [0.25, 0.3) is 5.57 Å². The van der Waals surface area contributed by atoms with Gasteiger partial charge in [-0.2, -0.15) is 0 Å². The smallest absolute Gasteiger partial charge is 0.335 e. The summed E-state index contributed by atoms with van der Waals surface area (Å²) in [5, 5.41) is 13.1. The van der Waals surface area contributed by atoms with Gasteiger partial charge in [-0.3, -0.25) is 9.69 Å². The Morgan fingerprint density at radius 1 is 1.15 bits per heavy atom. The molecule has 4 atom stereocenters. The number of hydrogen-bond donors (Lipinski definition) is 2. The third-order valence-electron chi connectivity index (χ3n) is 10.7. The average molecular weight is 549 g/mol. The molecule has 2 N–H and O–H groups in total. The van der Waals surface area contributed by atoms with Crippen molar-refractivity contribution in [2.45, 2.75) is 89.3 Å². The minimum atomic E-state index is -0.923. The maximum absolute atomic E-state index is 13.3. The lowest BCUT2D eigenvalue weighted by Crippen LogP contribution is -2.45. The van der Waals surface area contributed by atoms with Crippen LogP contribution in [0.1, 0.15) is 87.1 Å². The molecule has 40 heavy (non-hydrogen) atoms. The first kappa shape index (κ1) is 27.5. The van der Waals surface area contributed by atoms with E-state index < -0.39 is 5.97 Å². The number of hydrogen-bond acceptors (Lipinski definition) is 5. The summed E-state index contributed by atoms with van der Waals surface area (Å²) in [5.41, 5.74) is 2.57. The number of aromatic carboxylic acids is 1. The maximum Gasteiger partial charge on any atom is 0.335 e. The third-order valence-corrected chi connectivity index (χ3v) is 10.7. The summed E-state index contributed by atoms with van der Waals surface area (Å²) >= 11 is 0. The molecule has 1 aromatic rings. The number of carboxylic acid groups (broad SMARTS) is 1. The van der Waals surface area contributed by atoms with Crippen molar-refractivity contribution in [1.82, 2.24) is 10.2 Å². The number of benzene rings is 1. The quantitative estimate of drug-likeness (QED) is 0.471. The number of ether oxygens (including phenoxy) is 2. The number of carbonyl (C=O) groups excluding carboxylic acids is 1. The number of rotatable bonds is 7. The van der Waals surface area contributed by atoms with Crippen molar-refractivity contribution in [3.8, 4) is 5.75 Å². The largest absolute Gasteiger partial charge is 0.490 e. The van der Waals surface area contributed by atoms with Crippen LogP contribution >= 0.6 is 0 Å². The molecule has 2 saturated carbocycles. The van der Waals surface area contributed by atoms with E-state index in [1.165, 1.54) is 24.8 Å². The average Bonchev–Trinajstić information content (AvgIpc) is 3.46. The summed E-state index contributed by atoms with van der Waals surface area (Å²) in [6, 6.07) is 5.30. The van der Waals surface area contributed by atoms with E-state index in [1.54, 1.807) is 12.1 Å². The fourth-order valence-electron chi connectivity index (χ4n) is 7.97. The van der Waals surface area contributed by atoms with Crippen LogP contribution in [0.15, 0.2) is 36.4 Å². The molecule has 2 aliphatic heterocycles. The number of likely N-dealkylation sites (N-methyl/N-ethyl adjacent to an activating group) is 1. The Morgan fingerprint density at radius 3 is 2.67 bits per heavy atom. The van der Waals surface area contributed by atoms with Crippen LogP contribution in [-0.4, -0.2) is 66.9 Å². The van der Waals surface area contributed by atoms with Crippen molar-refractivity contribution in [3.63, 3.8) is 0 Å². The van der Waals surface area contributed by atoms with Crippen LogP contribution in [0.3, 0.4) is 0 Å². The standard InChI is InChI=1S/C33H44N2O5/c1-32(23-6-5-7-23)13-4-3-8-27(32)26-18-22(31(37)38)9-12-29(26)40-25-11-10-24(19-25)34-30(36)28-20-33(21-35(28)2)14-16-39-17-15-33/h3-4,8-9,12,18,23-25,28H,5-7,10-11,13-17,19-21H2,1-2H3,(H,34,36)(H,37,38)/t24?,25-,28+,32?/m1/s1. The third kappa shape index (κ3) is 5.23. The lowest BCUT2D eigenvalue weighted by molar-refractivity contribution is -0.125. The highest BCUT2D eigenvalue weighted by molar-refractivity contribution is 5.90. The first-order valence-corrected chi connectivity index (χ1v) is 15.3. The minimum Gasteiger partial charge on any atom is -0.490 e. The van der Waals surface area contributed by atoms with E-state index in [2.05, 4.69) is 42.4 Å². The highest BCUT2D eigenvalue weighted by atomic mass is 16.5. The number of amides is 1. The Balaban J connectivity index is 1.14. The molecule has 2 unspecified atom stereocenters. The Morgan fingerprint density at radius 2 is 1.95 bits per heavy atom. The van der Waals surface area contributed by atoms with Gasteiger partial charge in [0.2, 0.25) is 5.91 Å². The Hall–Kier alpha value is -2.64. The Labute approximate surface area is 238 Å². The summed E-state index contributed by atoms with van der Waals surface area (Å²) in [5.74, 6) is 0.572. The van der Waals surface area contributed by atoms with Crippen LogP contribution in [0, 0.1) is 16.7 Å². The fourth-order valence-corrected chi connectivity index (χ4v) is 7.97. The maximum atomic E-state index is 13.3. The molecule has 216 valence electrons. The molecule has 5 aliphatic rings.